The fraction of sp³-hybridized carbons (Fsp3) is 0.556. The van der Waals surface area contributed by atoms with Crippen LogP contribution in [0.4, 0.5) is 5.82 Å². The molecule has 0 unspecified atom stereocenters. The van der Waals surface area contributed by atoms with E-state index in [4.69, 9.17) is 0 Å². The first-order chi connectivity index (χ1) is 12.0. The van der Waals surface area contributed by atoms with Crippen molar-refractivity contribution >= 4 is 11.7 Å². The minimum absolute atomic E-state index is 0.219. The zero-order valence-corrected chi connectivity index (χ0v) is 14.7. The molecule has 4 rings (SSSR count). The second kappa shape index (κ2) is 6.13. The second-order valence-corrected chi connectivity index (χ2v) is 7.50. The number of aromatic nitrogens is 4. The highest BCUT2D eigenvalue weighted by molar-refractivity contribution is 5.79. The number of amides is 1. The van der Waals surface area contributed by atoms with E-state index in [2.05, 4.69) is 25.5 Å². The minimum Gasteiger partial charge on any atom is -0.367 e. The highest BCUT2D eigenvalue weighted by Crippen LogP contribution is 2.49. The molecule has 0 aromatic carbocycles. The number of aryl methyl sites for hydroxylation is 2. The van der Waals surface area contributed by atoms with Gasteiger partial charge in [-0.05, 0) is 44.6 Å². The fourth-order valence-electron chi connectivity index (χ4n) is 4.25. The molecule has 1 aliphatic heterocycles. The zero-order chi connectivity index (χ0) is 17.4. The third-order valence-electron chi connectivity index (χ3n) is 5.69. The van der Waals surface area contributed by atoms with Crippen molar-refractivity contribution in [2.24, 2.45) is 5.41 Å². The number of nitrogens with one attached hydrogen (secondary N) is 2. The molecule has 1 amide bonds. The van der Waals surface area contributed by atoms with E-state index < -0.39 is 0 Å². The van der Waals surface area contributed by atoms with E-state index in [0.717, 1.165) is 55.1 Å². The number of aromatic amines is 1. The lowest BCUT2D eigenvalue weighted by atomic mass is 9.65. The number of H-pyrrole nitrogens is 1. The Morgan fingerprint density at radius 1 is 1.44 bits per heavy atom. The van der Waals surface area contributed by atoms with Crippen LogP contribution in [0.15, 0.2) is 18.6 Å². The molecular weight excluding hydrogens is 316 g/mol. The van der Waals surface area contributed by atoms with E-state index in [0.29, 0.717) is 17.9 Å². The van der Waals surface area contributed by atoms with Crippen LogP contribution in [-0.4, -0.2) is 50.1 Å². The van der Waals surface area contributed by atoms with Crippen molar-refractivity contribution in [3.63, 3.8) is 0 Å². The van der Waals surface area contributed by atoms with E-state index in [9.17, 15) is 4.79 Å². The molecule has 2 aromatic rings. The third-order valence-corrected chi connectivity index (χ3v) is 5.69. The Bertz CT molecular complexity index is 746. The lowest BCUT2D eigenvalue weighted by Crippen LogP contribution is -2.47. The lowest BCUT2D eigenvalue weighted by Gasteiger charge is -2.45. The van der Waals surface area contributed by atoms with Gasteiger partial charge in [-0.2, -0.15) is 5.10 Å². The summed E-state index contributed by atoms with van der Waals surface area (Å²) in [7, 11) is 0. The molecule has 3 heterocycles. The monoisotopic (exact) mass is 340 g/mol. The van der Waals surface area contributed by atoms with Crippen LogP contribution in [0.25, 0.3) is 0 Å². The van der Waals surface area contributed by atoms with E-state index in [1.807, 2.05) is 24.8 Å². The molecule has 7 heteroatoms. The van der Waals surface area contributed by atoms with Crippen LogP contribution in [0.1, 0.15) is 36.2 Å². The number of likely N-dealkylation sites (tertiary alicyclic amines) is 1. The van der Waals surface area contributed by atoms with Gasteiger partial charge >= 0.3 is 0 Å². The summed E-state index contributed by atoms with van der Waals surface area (Å²) in [4.78, 5) is 22.9. The first-order valence-electron chi connectivity index (χ1n) is 8.85. The Kier molecular flexibility index (Phi) is 3.94. The maximum absolute atomic E-state index is 12.7. The molecule has 1 saturated carbocycles. The molecule has 25 heavy (non-hydrogen) atoms. The summed E-state index contributed by atoms with van der Waals surface area (Å²) in [6.45, 7) is 5.68. The van der Waals surface area contributed by atoms with E-state index in [1.54, 1.807) is 12.5 Å². The van der Waals surface area contributed by atoms with Gasteiger partial charge in [-0.15, -0.1) is 0 Å². The van der Waals surface area contributed by atoms with Gasteiger partial charge < -0.3 is 10.2 Å². The predicted molar refractivity (Wildman–Crippen MR) is 94.1 cm³/mol. The Morgan fingerprint density at radius 3 is 2.96 bits per heavy atom. The van der Waals surface area contributed by atoms with Crippen molar-refractivity contribution in [2.75, 3.05) is 18.4 Å². The van der Waals surface area contributed by atoms with Crippen molar-refractivity contribution in [3.8, 4) is 0 Å². The van der Waals surface area contributed by atoms with Crippen molar-refractivity contribution in [1.29, 1.82) is 0 Å². The minimum atomic E-state index is 0.219. The maximum Gasteiger partial charge on any atom is 0.227 e. The van der Waals surface area contributed by atoms with Gasteiger partial charge in [0.25, 0.3) is 0 Å². The van der Waals surface area contributed by atoms with Gasteiger partial charge in [0, 0.05) is 36.6 Å². The molecule has 0 bridgehead atoms. The van der Waals surface area contributed by atoms with Crippen LogP contribution >= 0.6 is 0 Å². The van der Waals surface area contributed by atoms with Crippen molar-refractivity contribution in [2.45, 2.75) is 45.6 Å². The van der Waals surface area contributed by atoms with Crippen molar-refractivity contribution in [1.82, 2.24) is 25.1 Å². The average molecular weight is 340 g/mol. The predicted octanol–water partition coefficient (Wildman–Crippen LogP) is 1.85. The molecule has 1 spiro atoms. The molecule has 2 aromatic heterocycles. The molecular formula is C18H24N6O. The van der Waals surface area contributed by atoms with E-state index in [-0.39, 0.29) is 5.91 Å². The SMILES string of the molecule is Cc1n[nH]c(C)c1CC(=O)N1CCC2(CC(Nc3ccncn3)C2)C1. The second-order valence-electron chi connectivity index (χ2n) is 7.50. The van der Waals surface area contributed by atoms with Crippen molar-refractivity contribution in [3.05, 3.63) is 35.5 Å². The topological polar surface area (TPSA) is 86.8 Å². The quantitative estimate of drug-likeness (QED) is 0.887. The van der Waals surface area contributed by atoms with Crippen LogP contribution < -0.4 is 5.32 Å². The lowest BCUT2D eigenvalue weighted by molar-refractivity contribution is -0.130. The van der Waals surface area contributed by atoms with Crippen LogP contribution in [-0.2, 0) is 11.2 Å². The molecule has 1 saturated heterocycles. The van der Waals surface area contributed by atoms with Crippen LogP contribution in [0.5, 0.6) is 0 Å². The molecule has 1 aliphatic carbocycles. The Balaban J connectivity index is 1.31. The van der Waals surface area contributed by atoms with Crippen LogP contribution in [0.2, 0.25) is 0 Å². The van der Waals surface area contributed by atoms with E-state index in [1.165, 1.54) is 0 Å². The number of hydrogen-bond donors (Lipinski definition) is 2. The Morgan fingerprint density at radius 2 is 2.28 bits per heavy atom. The summed E-state index contributed by atoms with van der Waals surface area (Å²) in [5.74, 6) is 1.10. The summed E-state index contributed by atoms with van der Waals surface area (Å²) in [5.41, 5.74) is 3.26. The number of carbonyl (C=O) groups is 1. The molecule has 2 aliphatic rings. The van der Waals surface area contributed by atoms with Gasteiger partial charge in [0.15, 0.2) is 0 Å². The van der Waals surface area contributed by atoms with Gasteiger partial charge in [0.2, 0.25) is 5.91 Å². The molecule has 0 radical (unpaired) electrons. The van der Waals surface area contributed by atoms with Gasteiger partial charge in [0.05, 0.1) is 12.1 Å². The zero-order valence-electron chi connectivity index (χ0n) is 14.7. The number of hydrogen-bond acceptors (Lipinski definition) is 5. The van der Waals surface area contributed by atoms with Crippen LogP contribution in [0.3, 0.4) is 0 Å². The van der Waals surface area contributed by atoms with Crippen molar-refractivity contribution < 1.29 is 4.79 Å². The first-order valence-corrected chi connectivity index (χ1v) is 8.85. The standard InChI is InChI=1S/C18H24N6O/c1-12-15(13(2)23-22-12)7-17(25)24-6-4-18(10-24)8-14(9-18)21-16-3-5-19-11-20-16/h3,5,11,14H,4,6-10H2,1-2H3,(H,22,23)(H,19,20,21). The number of rotatable bonds is 4. The smallest absolute Gasteiger partial charge is 0.227 e. The van der Waals surface area contributed by atoms with Gasteiger partial charge in [-0.3, -0.25) is 9.89 Å². The highest BCUT2D eigenvalue weighted by Gasteiger charge is 2.49. The van der Waals surface area contributed by atoms with Gasteiger partial charge in [-0.25, -0.2) is 9.97 Å². The molecule has 2 fully saturated rings. The molecule has 0 atom stereocenters. The molecule has 7 nitrogen and oxygen atoms in total. The number of anilines is 1. The Hall–Kier alpha value is -2.44. The summed E-state index contributed by atoms with van der Waals surface area (Å²) in [6.07, 6.45) is 7.07. The number of carbonyl (C=O) groups excluding carboxylic acids is 1. The van der Waals surface area contributed by atoms with Gasteiger partial charge in [0.1, 0.15) is 12.1 Å². The summed E-state index contributed by atoms with van der Waals surface area (Å²) >= 11 is 0. The first kappa shape index (κ1) is 16.1. The maximum atomic E-state index is 12.7. The third kappa shape index (κ3) is 3.10. The van der Waals surface area contributed by atoms with Gasteiger partial charge in [-0.1, -0.05) is 0 Å². The largest absolute Gasteiger partial charge is 0.367 e. The molecule has 132 valence electrons. The van der Waals surface area contributed by atoms with Crippen LogP contribution in [0, 0.1) is 19.3 Å². The summed E-state index contributed by atoms with van der Waals surface area (Å²) in [5, 5.41) is 10.6. The average Bonchev–Trinajstić information content (AvgIpc) is 3.15. The molecule has 2 N–H and O–H groups in total. The Labute approximate surface area is 147 Å². The normalized spacial score (nSPS) is 25.2. The summed E-state index contributed by atoms with van der Waals surface area (Å²) in [6, 6.07) is 2.34. The number of nitrogens with zero attached hydrogens (tertiary/aromatic N) is 4. The fourth-order valence-corrected chi connectivity index (χ4v) is 4.25. The van der Waals surface area contributed by atoms with E-state index >= 15 is 0 Å². The highest BCUT2D eigenvalue weighted by atomic mass is 16.2. The summed E-state index contributed by atoms with van der Waals surface area (Å²) < 4.78 is 0.